The molecule has 4 heterocycles. The topological polar surface area (TPSA) is 102 Å². The Labute approximate surface area is 140 Å². The van der Waals surface area contributed by atoms with Gasteiger partial charge in [0.15, 0.2) is 0 Å². The predicted molar refractivity (Wildman–Crippen MR) is 88.6 cm³/mol. The Hall–Kier alpha value is -3.55. The van der Waals surface area contributed by atoms with Crippen LogP contribution in [0.5, 0.6) is 5.75 Å². The van der Waals surface area contributed by atoms with Gasteiger partial charge in [-0.2, -0.15) is 0 Å². The van der Waals surface area contributed by atoms with Crippen LogP contribution >= 0.6 is 0 Å². The molecule has 4 aromatic rings. The van der Waals surface area contributed by atoms with Gasteiger partial charge in [-0.05, 0) is 18.2 Å². The van der Waals surface area contributed by atoms with E-state index in [9.17, 15) is 9.50 Å². The van der Waals surface area contributed by atoms with Crippen molar-refractivity contribution in [2.45, 2.75) is 6.04 Å². The van der Waals surface area contributed by atoms with Crippen molar-refractivity contribution in [3.8, 4) is 17.0 Å². The number of nitrogens with two attached hydrogens (primary N) is 1. The normalized spacial score (nSPS) is 15.6. The number of hydrogen-bond acceptors (Lipinski definition) is 6. The summed E-state index contributed by atoms with van der Waals surface area (Å²) in [6.45, 7) is 0. The third kappa shape index (κ3) is 1.90. The van der Waals surface area contributed by atoms with Gasteiger partial charge in [0.2, 0.25) is 11.8 Å². The van der Waals surface area contributed by atoms with Crippen LogP contribution in [0.4, 0.5) is 16.2 Å². The fourth-order valence-corrected chi connectivity index (χ4v) is 3.30. The molecule has 0 spiro atoms. The summed E-state index contributed by atoms with van der Waals surface area (Å²) in [5, 5.41) is 16.9. The number of phenolic OH excluding ortho intramolecular Hbond substituents is 1. The van der Waals surface area contributed by atoms with E-state index in [0.29, 0.717) is 17.1 Å². The van der Waals surface area contributed by atoms with Gasteiger partial charge in [0, 0.05) is 23.4 Å². The fraction of sp³-hybridized carbons (Fsp3) is 0.0588. The number of anilines is 2. The SMILES string of the molecule is Nc1nc2c3c(ccn3n1)C(c1ccc(O)cc1F)Nc1occc1-2. The molecule has 0 saturated carbocycles. The van der Waals surface area contributed by atoms with Crippen LogP contribution in [0, 0.1) is 5.82 Å². The summed E-state index contributed by atoms with van der Waals surface area (Å²) in [5.74, 6) is -0.0587. The summed E-state index contributed by atoms with van der Waals surface area (Å²) >= 11 is 0. The highest BCUT2D eigenvalue weighted by molar-refractivity contribution is 5.88. The molecule has 3 aromatic heterocycles. The highest BCUT2D eigenvalue weighted by Crippen LogP contribution is 2.42. The molecule has 0 radical (unpaired) electrons. The summed E-state index contributed by atoms with van der Waals surface area (Å²) in [7, 11) is 0. The summed E-state index contributed by atoms with van der Waals surface area (Å²) in [6.07, 6.45) is 3.29. The van der Waals surface area contributed by atoms with E-state index in [-0.39, 0.29) is 11.7 Å². The molecule has 1 unspecified atom stereocenters. The van der Waals surface area contributed by atoms with Gasteiger partial charge in [-0.3, -0.25) is 0 Å². The first-order valence-corrected chi connectivity index (χ1v) is 7.59. The Kier molecular flexibility index (Phi) is 2.62. The largest absolute Gasteiger partial charge is 0.508 e. The van der Waals surface area contributed by atoms with E-state index >= 15 is 0 Å². The first-order valence-electron chi connectivity index (χ1n) is 7.59. The molecule has 1 atom stereocenters. The average Bonchev–Trinajstić information content (AvgIpc) is 3.16. The number of fused-ring (bicyclic) bond motifs is 2. The van der Waals surface area contributed by atoms with E-state index in [0.717, 1.165) is 22.7 Å². The van der Waals surface area contributed by atoms with Crippen LogP contribution < -0.4 is 11.1 Å². The van der Waals surface area contributed by atoms with Gasteiger partial charge in [-0.15, -0.1) is 5.10 Å². The van der Waals surface area contributed by atoms with Crippen LogP contribution in [0.15, 0.2) is 47.2 Å². The average molecular weight is 337 g/mol. The highest BCUT2D eigenvalue weighted by Gasteiger charge is 2.30. The molecule has 8 heteroatoms. The van der Waals surface area contributed by atoms with Gasteiger partial charge in [0.25, 0.3) is 0 Å². The van der Waals surface area contributed by atoms with Crippen LogP contribution in [0.3, 0.4) is 0 Å². The third-order valence-electron chi connectivity index (χ3n) is 4.36. The Bertz CT molecular complexity index is 1130. The molecule has 1 aliphatic heterocycles. The van der Waals surface area contributed by atoms with Crippen LogP contribution in [-0.2, 0) is 0 Å². The number of aromatic hydroxyl groups is 1. The standard InChI is InChI=1S/C17H12FN5O2/c18-12-7-8(24)1-2-9(12)13-10-3-5-23-15(10)14(21-17(19)22-23)11-4-6-25-16(11)20-13/h1-7,13,20,24H,(H2,19,22). The quantitative estimate of drug-likeness (QED) is 0.494. The zero-order valence-electron chi connectivity index (χ0n) is 12.8. The van der Waals surface area contributed by atoms with Crippen LogP contribution in [0.2, 0.25) is 0 Å². The van der Waals surface area contributed by atoms with Crippen molar-refractivity contribution in [1.82, 2.24) is 14.6 Å². The zero-order valence-corrected chi connectivity index (χ0v) is 12.8. The maximum Gasteiger partial charge on any atom is 0.238 e. The van der Waals surface area contributed by atoms with E-state index in [1.165, 1.54) is 18.4 Å². The maximum atomic E-state index is 14.5. The van der Waals surface area contributed by atoms with Gasteiger partial charge in [-0.1, -0.05) is 6.07 Å². The number of nitrogens with zero attached hydrogens (tertiary/aromatic N) is 3. The van der Waals surface area contributed by atoms with Gasteiger partial charge in [0.05, 0.1) is 23.4 Å². The molecular weight excluding hydrogens is 325 g/mol. The number of rotatable bonds is 1. The summed E-state index contributed by atoms with van der Waals surface area (Å²) in [4.78, 5) is 4.35. The Morgan fingerprint density at radius 2 is 2.12 bits per heavy atom. The van der Waals surface area contributed by atoms with Crippen molar-refractivity contribution < 1.29 is 13.9 Å². The van der Waals surface area contributed by atoms with Gasteiger partial charge in [-0.25, -0.2) is 13.9 Å². The van der Waals surface area contributed by atoms with Crippen LogP contribution in [0.1, 0.15) is 17.2 Å². The van der Waals surface area contributed by atoms with Crippen molar-refractivity contribution in [2.24, 2.45) is 0 Å². The first-order chi connectivity index (χ1) is 12.1. The molecule has 7 nitrogen and oxygen atoms in total. The van der Waals surface area contributed by atoms with Crippen molar-refractivity contribution >= 4 is 17.3 Å². The molecule has 4 N–H and O–H groups in total. The number of furan rings is 1. The highest BCUT2D eigenvalue weighted by atomic mass is 19.1. The minimum absolute atomic E-state index is 0.131. The van der Waals surface area contributed by atoms with Crippen LogP contribution in [0.25, 0.3) is 16.8 Å². The summed E-state index contributed by atoms with van der Waals surface area (Å²) in [6, 6.07) is 7.14. The van der Waals surface area contributed by atoms with Crippen LogP contribution in [-0.4, -0.2) is 19.7 Å². The monoisotopic (exact) mass is 337 g/mol. The van der Waals surface area contributed by atoms with E-state index in [1.54, 1.807) is 16.8 Å². The Morgan fingerprint density at radius 3 is 2.96 bits per heavy atom. The second-order valence-corrected chi connectivity index (χ2v) is 5.83. The predicted octanol–water partition coefficient (Wildman–Crippen LogP) is 2.93. The molecule has 5 rings (SSSR count). The van der Waals surface area contributed by atoms with E-state index in [2.05, 4.69) is 15.4 Å². The second kappa shape index (κ2) is 4.73. The lowest BCUT2D eigenvalue weighted by Gasteiger charge is -2.18. The molecular formula is C17H12FN5O2. The van der Waals surface area contributed by atoms with E-state index < -0.39 is 11.9 Å². The van der Waals surface area contributed by atoms with Gasteiger partial charge >= 0.3 is 0 Å². The molecule has 0 saturated heterocycles. The first kappa shape index (κ1) is 13.8. The number of aromatic nitrogens is 3. The molecule has 0 amide bonds. The van der Waals surface area contributed by atoms with Gasteiger partial charge in [0.1, 0.15) is 17.3 Å². The number of benzene rings is 1. The molecule has 124 valence electrons. The van der Waals surface area contributed by atoms with Crippen molar-refractivity contribution in [2.75, 3.05) is 11.1 Å². The number of nitrogens with one attached hydrogen (secondary N) is 1. The van der Waals surface area contributed by atoms with Gasteiger partial charge < -0.3 is 20.6 Å². The number of phenols is 1. The molecule has 0 aliphatic carbocycles. The minimum Gasteiger partial charge on any atom is -0.508 e. The zero-order chi connectivity index (χ0) is 17.1. The molecule has 0 bridgehead atoms. The number of hydrogen-bond donors (Lipinski definition) is 3. The van der Waals surface area contributed by atoms with Crippen molar-refractivity contribution in [3.63, 3.8) is 0 Å². The lowest BCUT2D eigenvalue weighted by atomic mass is 9.99. The van der Waals surface area contributed by atoms with E-state index in [1.807, 2.05) is 6.07 Å². The fourth-order valence-electron chi connectivity index (χ4n) is 3.30. The van der Waals surface area contributed by atoms with Crippen molar-refractivity contribution in [1.29, 1.82) is 0 Å². The van der Waals surface area contributed by atoms with Crippen molar-refractivity contribution in [3.05, 3.63) is 59.7 Å². The molecule has 0 fully saturated rings. The lowest BCUT2D eigenvalue weighted by Crippen LogP contribution is -2.12. The molecule has 25 heavy (non-hydrogen) atoms. The third-order valence-corrected chi connectivity index (χ3v) is 4.36. The van der Waals surface area contributed by atoms with E-state index in [4.69, 9.17) is 10.2 Å². The number of halogens is 1. The molecule has 1 aliphatic rings. The maximum absolute atomic E-state index is 14.5. The lowest BCUT2D eigenvalue weighted by molar-refractivity contribution is 0.467. The Morgan fingerprint density at radius 1 is 1.24 bits per heavy atom. The molecule has 1 aromatic carbocycles. The summed E-state index contributed by atoms with van der Waals surface area (Å²) < 4.78 is 21.7. The smallest absolute Gasteiger partial charge is 0.238 e. The number of nitrogen functional groups attached to an aromatic ring is 1. The summed E-state index contributed by atoms with van der Waals surface area (Å²) in [5.41, 5.74) is 9.03. The Balaban J connectivity index is 1.85. The second-order valence-electron chi connectivity index (χ2n) is 5.83. The minimum atomic E-state index is -0.538.